The average Bonchev–Trinajstić information content (AvgIpc) is 2.18. The number of benzene rings is 1. The maximum atomic E-state index is 12.9. The van der Waals surface area contributed by atoms with Crippen LogP contribution in [-0.2, 0) is 0 Å². The first-order valence-electron chi connectivity index (χ1n) is 4.63. The number of thioether (sulfide) groups is 1. The molecule has 0 fully saturated rings. The Balaban J connectivity index is 2.52. The summed E-state index contributed by atoms with van der Waals surface area (Å²) in [5.41, 5.74) is 3.65. The van der Waals surface area contributed by atoms with Gasteiger partial charge in [0.2, 0.25) is 0 Å². The van der Waals surface area contributed by atoms with E-state index < -0.39 is 0 Å². The third-order valence-electron chi connectivity index (χ3n) is 2.01. The Morgan fingerprint density at radius 1 is 1.67 bits per heavy atom. The lowest BCUT2D eigenvalue weighted by molar-refractivity contribution is 0.624. The van der Waals surface area contributed by atoms with Crippen LogP contribution in [0.25, 0.3) is 0 Å². The van der Waals surface area contributed by atoms with Crippen molar-refractivity contribution in [2.75, 3.05) is 5.75 Å². The molecule has 0 aliphatic heterocycles. The van der Waals surface area contributed by atoms with Gasteiger partial charge in [-0.25, -0.2) is 4.39 Å². The second-order valence-electron chi connectivity index (χ2n) is 3.33. The molecule has 0 saturated heterocycles. The summed E-state index contributed by atoms with van der Waals surface area (Å²) in [5, 5.41) is 0. The summed E-state index contributed by atoms with van der Waals surface area (Å²) >= 11 is 1.55. The van der Waals surface area contributed by atoms with Crippen LogP contribution in [0.1, 0.15) is 6.92 Å². The third kappa shape index (κ3) is 4.03. The lowest BCUT2D eigenvalue weighted by Gasteiger charge is -2.14. The molecule has 3 N–H and O–H groups in total. The fourth-order valence-electron chi connectivity index (χ4n) is 1.07. The Bertz CT molecular complexity index is 341. The van der Waals surface area contributed by atoms with Crippen LogP contribution in [0.5, 0.6) is 0 Å². The van der Waals surface area contributed by atoms with Crippen molar-refractivity contribution in [3.05, 3.63) is 42.2 Å². The molecule has 1 aromatic carbocycles. The largest absolute Gasteiger partial charge is 0.271 e. The molecule has 2 nitrogen and oxygen atoms in total. The molecule has 0 radical (unpaired) electrons. The highest BCUT2D eigenvalue weighted by Crippen LogP contribution is 2.20. The summed E-state index contributed by atoms with van der Waals surface area (Å²) < 4.78 is 12.9. The zero-order valence-electron chi connectivity index (χ0n) is 8.66. The first-order chi connectivity index (χ1) is 7.13. The lowest BCUT2D eigenvalue weighted by atomic mass is 10.2. The van der Waals surface area contributed by atoms with E-state index >= 15 is 0 Å². The van der Waals surface area contributed by atoms with Crippen LogP contribution < -0.4 is 11.3 Å². The second-order valence-corrected chi connectivity index (χ2v) is 4.43. The Morgan fingerprint density at radius 3 is 2.93 bits per heavy atom. The summed E-state index contributed by atoms with van der Waals surface area (Å²) in [5.74, 6) is 5.90. The van der Waals surface area contributed by atoms with Gasteiger partial charge in [-0.15, -0.1) is 11.8 Å². The molecule has 0 bridgehead atoms. The Morgan fingerprint density at radius 2 is 2.40 bits per heavy atom. The summed E-state index contributed by atoms with van der Waals surface area (Å²) in [6.45, 7) is 5.74. The minimum atomic E-state index is -0.215. The fraction of sp³-hybridized carbons (Fsp3) is 0.273. The number of nitrogens with two attached hydrogens (primary N) is 1. The van der Waals surface area contributed by atoms with E-state index in [1.54, 1.807) is 17.8 Å². The second kappa shape index (κ2) is 5.90. The van der Waals surface area contributed by atoms with Gasteiger partial charge in [-0.2, -0.15) is 0 Å². The molecule has 1 rings (SSSR count). The van der Waals surface area contributed by atoms with Gasteiger partial charge in [-0.05, 0) is 25.1 Å². The highest BCUT2D eigenvalue weighted by atomic mass is 32.2. The van der Waals surface area contributed by atoms with Crippen LogP contribution >= 0.6 is 11.8 Å². The van der Waals surface area contributed by atoms with Gasteiger partial charge in [0, 0.05) is 10.6 Å². The van der Waals surface area contributed by atoms with Crippen molar-refractivity contribution in [1.82, 2.24) is 5.43 Å². The smallest absolute Gasteiger partial charge is 0.124 e. The molecule has 1 atom stereocenters. The molecule has 0 aromatic heterocycles. The van der Waals surface area contributed by atoms with E-state index in [2.05, 4.69) is 12.0 Å². The SMILES string of the molecule is C=C(C)C(CSc1cccc(F)c1)NN. The van der Waals surface area contributed by atoms with Crippen molar-refractivity contribution in [1.29, 1.82) is 0 Å². The first-order valence-corrected chi connectivity index (χ1v) is 5.62. The average molecular weight is 226 g/mol. The predicted octanol–water partition coefficient (Wildman–Crippen LogP) is 2.33. The van der Waals surface area contributed by atoms with Crippen molar-refractivity contribution >= 4 is 11.8 Å². The van der Waals surface area contributed by atoms with Crippen molar-refractivity contribution < 1.29 is 4.39 Å². The van der Waals surface area contributed by atoms with Gasteiger partial charge in [0.1, 0.15) is 5.82 Å². The van der Waals surface area contributed by atoms with Gasteiger partial charge in [0.15, 0.2) is 0 Å². The number of rotatable bonds is 5. The highest BCUT2D eigenvalue weighted by Gasteiger charge is 2.07. The molecular weight excluding hydrogens is 211 g/mol. The molecular formula is C11H15FN2S. The van der Waals surface area contributed by atoms with Gasteiger partial charge < -0.3 is 0 Å². The normalized spacial score (nSPS) is 12.5. The topological polar surface area (TPSA) is 38.0 Å². The number of hydrazine groups is 1. The molecule has 82 valence electrons. The summed E-state index contributed by atoms with van der Waals surface area (Å²) in [4.78, 5) is 0.900. The molecule has 0 saturated carbocycles. The van der Waals surface area contributed by atoms with E-state index in [4.69, 9.17) is 5.84 Å². The summed E-state index contributed by atoms with van der Waals surface area (Å²) in [6, 6.07) is 6.57. The maximum absolute atomic E-state index is 12.9. The van der Waals surface area contributed by atoms with E-state index in [9.17, 15) is 4.39 Å². The third-order valence-corrected chi connectivity index (χ3v) is 3.10. The molecule has 0 heterocycles. The standard InChI is InChI=1S/C11H15FN2S/c1-8(2)11(14-13)7-15-10-5-3-4-9(12)6-10/h3-6,11,14H,1,7,13H2,2H3. The molecule has 0 spiro atoms. The van der Waals surface area contributed by atoms with Crippen molar-refractivity contribution in [2.24, 2.45) is 5.84 Å². The Labute approximate surface area is 93.7 Å². The van der Waals surface area contributed by atoms with Gasteiger partial charge in [-0.1, -0.05) is 18.2 Å². The van der Waals surface area contributed by atoms with Crippen LogP contribution in [0.2, 0.25) is 0 Å². The van der Waals surface area contributed by atoms with E-state index in [1.165, 1.54) is 12.1 Å². The zero-order valence-corrected chi connectivity index (χ0v) is 9.48. The molecule has 1 aromatic rings. The first kappa shape index (κ1) is 12.2. The molecule has 0 aliphatic carbocycles. The van der Waals surface area contributed by atoms with Crippen LogP contribution in [0.4, 0.5) is 4.39 Å². The van der Waals surface area contributed by atoms with Crippen LogP contribution in [0, 0.1) is 5.82 Å². The minimum Gasteiger partial charge on any atom is -0.271 e. The van der Waals surface area contributed by atoms with Gasteiger partial charge in [0.05, 0.1) is 6.04 Å². The monoisotopic (exact) mass is 226 g/mol. The highest BCUT2D eigenvalue weighted by molar-refractivity contribution is 7.99. The molecule has 0 amide bonds. The van der Waals surface area contributed by atoms with E-state index in [-0.39, 0.29) is 11.9 Å². The van der Waals surface area contributed by atoms with Gasteiger partial charge in [0.25, 0.3) is 0 Å². The Hall–Kier alpha value is -0.840. The maximum Gasteiger partial charge on any atom is 0.124 e. The molecule has 0 aliphatic rings. The number of nitrogens with one attached hydrogen (secondary N) is 1. The van der Waals surface area contributed by atoms with Crippen molar-refractivity contribution in [3.8, 4) is 0 Å². The van der Waals surface area contributed by atoms with E-state index in [1.807, 2.05) is 13.0 Å². The zero-order chi connectivity index (χ0) is 11.3. The van der Waals surface area contributed by atoms with Crippen LogP contribution in [0.3, 0.4) is 0 Å². The number of hydrogen-bond donors (Lipinski definition) is 2. The fourth-order valence-corrected chi connectivity index (χ4v) is 2.18. The van der Waals surface area contributed by atoms with Gasteiger partial charge >= 0.3 is 0 Å². The number of hydrogen-bond acceptors (Lipinski definition) is 3. The van der Waals surface area contributed by atoms with Gasteiger partial charge in [-0.3, -0.25) is 11.3 Å². The summed E-state index contributed by atoms with van der Waals surface area (Å²) in [6.07, 6.45) is 0. The molecule has 1 unspecified atom stereocenters. The predicted molar refractivity (Wildman–Crippen MR) is 63.0 cm³/mol. The quantitative estimate of drug-likeness (QED) is 0.350. The van der Waals surface area contributed by atoms with Crippen LogP contribution in [-0.4, -0.2) is 11.8 Å². The van der Waals surface area contributed by atoms with E-state index in [0.29, 0.717) is 0 Å². The van der Waals surface area contributed by atoms with Crippen molar-refractivity contribution in [3.63, 3.8) is 0 Å². The molecule has 4 heteroatoms. The van der Waals surface area contributed by atoms with Crippen LogP contribution in [0.15, 0.2) is 41.3 Å². The Kier molecular flexibility index (Phi) is 4.81. The molecule has 15 heavy (non-hydrogen) atoms. The lowest BCUT2D eigenvalue weighted by Crippen LogP contribution is -2.37. The van der Waals surface area contributed by atoms with Crippen molar-refractivity contribution in [2.45, 2.75) is 17.9 Å². The number of halogens is 1. The summed E-state index contributed by atoms with van der Waals surface area (Å²) in [7, 11) is 0. The van der Waals surface area contributed by atoms with E-state index in [0.717, 1.165) is 16.2 Å². The minimum absolute atomic E-state index is 0.0540.